The van der Waals surface area contributed by atoms with Crippen molar-refractivity contribution in [3.63, 3.8) is 0 Å². The number of amides is 3. The predicted octanol–water partition coefficient (Wildman–Crippen LogP) is -1.85. The maximum Gasteiger partial charge on any atom is 0.352 e. The fourth-order valence-corrected chi connectivity index (χ4v) is 7.53. The van der Waals surface area contributed by atoms with Crippen LogP contribution in [0.15, 0.2) is 16.4 Å². The molecule has 6 rings (SSSR count). The molecule has 0 radical (unpaired) electrons. The summed E-state index contributed by atoms with van der Waals surface area (Å²) in [6, 6.07) is -1.07. The van der Waals surface area contributed by atoms with Gasteiger partial charge in [-0.2, -0.15) is 9.36 Å². The van der Waals surface area contributed by atoms with Crippen LogP contribution in [0, 0.1) is 5.41 Å². The minimum atomic E-state index is -1.33. The summed E-state index contributed by atoms with van der Waals surface area (Å²) < 4.78 is 4.54. The highest BCUT2D eigenvalue weighted by Crippen LogP contribution is 2.46. The van der Waals surface area contributed by atoms with E-state index in [0.29, 0.717) is 61.3 Å². The van der Waals surface area contributed by atoms with Gasteiger partial charge in [0.15, 0.2) is 5.13 Å². The molecule has 2 atom stereocenters. The Morgan fingerprint density at radius 2 is 1.88 bits per heavy atom. The van der Waals surface area contributed by atoms with E-state index in [1.807, 2.05) is 0 Å². The fraction of sp³-hybridized carbons (Fsp3) is 0.545. The van der Waals surface area contributed by atoms with Crippen LogP contribution in [0.3, 0.4) is 0 Å². The quantitative estimate of drug-likeness (QED) is 0.0867. The highest BCUT2D eigenvalue weighted by molar-refractivity contribution is 8.00. The number of hydrogen-bond acceptors (Lipinski definition) is 12. The number of oxime groups is 1. The first kappa shape index (κ1) is 27.8. The maximum atomic E-state index is 13.2. The van der Waals surface area contributed by atoms with E-state index in [4.69, 9.17) is 16.6 Å². The molecule has 18 heteroatoms. The molecular weight excluding hydrogens is 568 g/mol. The van der Waals surface area contributed by atoms with E-state index in [1.165, 1.54) is 16.7 Å². The van der Waals surface area contributed by atoms with Gasteiger partial charge in [-0.15, -0.1) is 11.8 Å². The molecule has 3 amide bonds. The van der Waals surface area contributed by atoms with Gasteiger partial charge in [-0.25, -0.2) is 9.59 Å². The first-order chi connectivity index (χ1) is 19.0. The van der Waals surface area contributed by atoms with Crippen molar-refractivity contribution in [1.82, 2.24) is 19.6 Å². The molecule has 40 heavy (non-hydrogen) atoms. The Hall–Kier alpha value is -3.77. The molecule has 5 aliphatic rings. The number of anilines is 1. The Balaban J connectivity index is 1.31. The summed E-state index contributed by atoms with van der Waals surface area (Å²) in [5.41, 5.74) is 10.8. The van der Waals surface area contributed by atoms with Gasteiger partial charge in [0.25, 0.3) is 11.8 Å². The second-order valence-corrected chi connectivity index (χ2v) is 12.1. The number of quaternary nitrogens is 1. The number of nitrogen functional groups attached to an aromatic ring is 1. The molecule has 4 fully saturated rings. The monoisotopic (exact) mass is 595 g/mol. The highest BCUT2D eigenvalue weighted by atomic mass is 32.2. The first-order valence-electron chi connectivity index (χ1n) is 12.3. The Labute approximate surface area is 235 Å². The number of carboxylic acids is 2. The molecule has 0 spiro atoms. The smallest absolute Gasteiger partial charge is 0.352 e. The number of fused-ring (bicyclic) bond motifs is 4. The van der Waals surface area contributed by atoms with E-state index in [1.54, 1.807) is 0 Å². The Morgan fingerprint density at radius 3 is 2.42 bits per heavy atom. The van der Waals surface area contributed by atoms with E-state index < -0.39 is 52.9 Å². The van der Waals surface area contributed by atoms with E-state index in [0.717, 1.165) is 11.5 Å². The molecule has 5 aliphatic heterocycles. The normalized spacial score (nSPS) is 29.4. The van der Waals surface area contributed by atoms with Gasteiger partial charge in [0.1, 0.15) is 23.7 Å². The average Bonchev–Trinajstić information content (AvgIpc) is 3.35. The molecule has 1 aromatic heterocycles. The SMILES string of the molecule is NC(=O)C12CC[N+](CC3=C(C(=O)O)N4C(=O)[C@@H](NC(=O)C(=NOCC(=O)O)c5nsc(N)n5)[C@@H]4SC3)(CC1)CC2. The van der Waals surface area contributed by atoms with Crippen LogP contribution in [0.2, 0.25) is 0 Å². The van der Waals surface area contributed by atoms with Crippen LogP contribution in [-0.2, 0) is 28.8 Å². The van der Waals surface area contributed by atoms with E-state index >= 15 is 0 Å². The fourth-order valence-electron chi connectivity index (χ4n) is 5.76. The van der Waals surface area contributed by atoms with Crippen molar-refractivity contribution in [1.29, 1.82) is 0 Å². The highest BCUT2D eigenvalue weighted by Gasteiger charge is 2.57. The van der Waals surface area contributed by atoms with Crippen molar-refractivity contribution < 1.29 is 43.5 Å². The maximum absolute atomic E-state index is 13.2. The van der Waals surface area contributed by atoms with Gasteiger partial charge in [-0.3, -0.25) is 19.3 Å². The lowest BCUT2D eigenvalue weighted by molar-refractivity contribution is -0.940. The molecule has 0 unspecified atom stereocenters. The van der Waals surface area contributed by atoms with Gasteiger partial charge in [0.2, 0.25) is 24.1 Å². The molecule has 16 nitrogen and oxygen atoms in total. The topological polar surface area (TPSA) is 240 Å². The summed E-state index contributed by atoms with van der Waals surface area (Å²) in [5.74, 6) is -4.22. The summed E-state index contributed by atoms with van der Waals surface area (Å²) in [7, 11) is 0. The third-order valence-corrected chi connectivity index (χ3v) is 9.87. The number of β-lactam (4-membered cyclic amide) rings is 1. The third kappa shape index (κ3) is 4.86. The first-order valence-corrected chi connectivity index (χ1v) is 14.1. The van der Waals surface area contributed by atoms with Crippen LogP contribution < -0.4 is 16.8 Å². The number of rotatable bonds is 10. The number of hydrogen-bond donors (Lipinski definition) is 5. The van der Waals surface area contributed by atoms with Crippen molar-refractivity contribution in [2.45, 2.75) is 30.7 Å². The predicted molar refractivity (Wildman–Crippen MR) is 139 cm³/mol. The summed E-state index contributed by atoms with van der Waals surface area (Å²) in [6.45, 7) is 1.75. The van der Waals surface area contributed by atoms with Crippen molar-refractivity contribution in [3.8, 4) is 0 Å². The van der Waals surface area contributed by atoms with Gasteiger partial charge in [0, 0.05) is 42.1 Å². The summed E-state index contributed by atoms with van der Waals surface area (Å²) in [5, 5.41) is 24.3. The molecule has 214 valence electrons. The van der Waals surface area contributed by atoms with Crippen LogP contribution >= 0.6 is 23.3 Å². The van der Waals surface area contributed by atoms with E-state index in [2.05, 4.69) is 24.7 Å². The lowest BCUT2D eigenvalue weighted by Crippen LogP contribution is -2.71. The molecule has 0 aromatic carbocycles. The zero-order valence-corrected chi connectivity index (χ0v) is 22.7. The summed E-state index contributed by atoms with van der Waals surface area (Å²) >= 11 is 2.11. The number of piperidine rings is 3. The van der Waals surface area contributed by atoms with Gasteiger partial charge in [-0.05, 0) is 0 Å². The second-order valence-electron chi connectivity index (χ2n) is 10.2. The standard InChI is InChI=1S/C22H26N8O8S2/c23-20(37)22-1-4-30(5-2-22,6-3-22)7-10-9-39-18-13(17(34)29(18)14(10)19(35)36)25-16(33)12(27-38-8-11(31)32)15-26-21(24)40-28-15/h13,18H,1-9H2,(H6-,23,24,25,26,28,31,32,33,35,36,37)/p+1/t13-,18+,22?,30?/m1/s1. The van der Waals surface area contributed by atoms with Crippen LogP contribution in [0.25, 0.3) is 0 Å². The third-order valence-electron chi connectivity index (χ3n) is 7.99. The number of carbonyl (C=O) groups is 5. The number of nitrogens with two attached hydrogens (primary N) is 2. The molecule has 6 heterocycles. The molecule has 2 bridgehead atoms. The Bertz CT molecular complexity index is 1340. The number of thioether (sulfide) groups is 1. The van der Waals surface area contributed by atoms with Crippen molar-refractivity contribution in [2.75, 3.05) is 44.3 Å². The second kappa shape index (κ2) is 10.3. The van der Waals surface area contributed by atoms with Crippen LogP contribution in [-0.4, -0.2) is 114 Å². The number of aliphatic carboxylic acids is 2. The zero-order valence-electron chi connectivity index (χ0n) is 21.1. The van der Waals surface area contributed by atoms with E-state index in [9.17, 15) is 29.1 Å². The van der Waals surface area contributed by atoms with Gasteiger partial charge < -0.3 is 36.3 Å². The Kier molecular flexibility index (Phi) is 7.17. The van der Waals surface area contributed by atoms with Crippen LogP contribution in [0.1, 0.15) is 25.1 Å². The van der Waals surface area contributed by atoms with Gasteiger partial charge >= 0.3 is 11.9 Å². The molecule has 0 aliphatic carbocycles. The number of carboxylic acid groups (broad SMARTS) is 2. The van der Waals surface area contributed by atoms with E-state index in [-0.39, 0.29) is 22.6 Å². The summed E-state index contributed by atoms with van der Waals surface area (Å²) in [4.78, 5) is 71.1. The summed E-state index contributed by atoms with van der Waals surface area (Å²) in [6.07, 6.45) is 1.97. The zero-order chi connectivity index (χ0) is 28.8. The molecule has 1 aromatic rings. The number of nitrogens with one attached hydrogen (secondary N) is 1. The minimum absolute atomic E-state index is 0.0281. The number of carbonyl (C=O) groups excluding carboxylic acids is 3. The van der Waals surface area contributed by atoms with Crippen LogP contribution in [0.5, 0.6) is 0 Å². The molecule has 0 saturated carbocycles. The van der Waals surface area contributed by atoms with Gasteiger partial charge in [-0.1, -0.05) is 5.16 Å². The van der Waals surface area contributed by atoms with Crippen LogP contribution in [0.4, 0.5) is 5.13 Å². The Morgan fingerprint density at radius 1 is 1.20 bits per heavy atom. The largest absolute Gasteiger partial charge is 0.479 e. The lowest BCUT2D eigenvalue weighted by atomic mass is 9.70. The van der Waals surface area contributed by atoms with Crippen molar-refractivity contribution in [3.05, 3.63) is 17.1 Å². The number of aromatic nitrogens is 2. The molecular formula is C22H27N8O8S2+. The van der Waals surface area contributed by atoms with Crippen molar-refractivity contribution in [2.24, 2.45) is 16.3 Å². The lowest BCUT2D eigenvalue weighted by Gasteiger charge is -2.55. The molecule has 7 N–H and O–H groups in total. The van der Waals surface area contributed by atoms with Crippen molar-refractivity contribution >= 4 is 63.8 Å². The van der Waals surface area contributed by atoms with Gasteiger partial charge in [0.05, 0.1) is 25.0 Å². The minimum Gasteiger partial charge on any atom is -0.479 e. The number of primary amides is 1. The number of nitrogens with zero attached hydrogens (tertiary/aromatic N) is 5. The molecule has 4 saturated heterocycles. The average molecular weight is 596 g/mol.